The maximum Gasteiger partial charge on any atom is 0.317 e. The first-order chi connectivity index (χ1) is 12.9. The Labute approximate surface area is 159 Å². The van der Waals surface area contributed by atoms with Crippen molar-refractivity contribution in [2.24, 2.45) is 0 Å². The normalized spacial score (nSPS) is 22.4. The molecule has 2 saturated heterocycles. The Bertz CT molecular complexity index is 701. The number of nitrogens with one attached hydrogen (secondary N) is 2. The number of hydrogen-bond donors (Lipinski definition) is 2. The third-order valence-electron chi connectivity index (χ3n) is 5.20. The van der Waals surface area contributed by atoms with Crippen LogP contribution in [-0.4, -0.2) is 85.3 Å². The van der Waals surface area contributed by atoms with E-state index in [1.807, 2.05) is 26.0 Å². The highest BCUT2D eigenvalue weighted by Crippen LogP contribution is 2.17. The van der Waals surface area contributed by atoms with Crippen molar-refractivity contribution >= 4 is 12.0 Å². The molecule has 2 aliphatic heterocycles. The average Bonchev–Trinajstić information content (AvgIpc) is 3.31. The fourth-order valence-corrected chi connectivity index (χ4v) is 3.58. The summed E-state index contributed by atoms with van der Waals surface area (Å²) in [6, 6.07) is 1.76. The number of nitrogens with zero attached hydrogens (tertiary/aromatic N) is 4. The number of urea groups is 1. The van der Waals surface area contributed by atoms with Crippen LogP contribution >= 0.6 is 0 Å². The lowest BCUT2D eigenvalue weighted by atomic mass is 10.2. The van der Waals surface area contributed by atoms with E-state index in [2.05, 4.69) is 20.2 Å². The monoisotopic (exact) mass is 378 g/mol. The largest absolute Gasteiger partial charge is 0.376 e. The molecular weight excluding hydrogens is 348 g/mol. The van der Waals surface area contributed by atoms with Crippen LogP contribution in [0.15, 0.2) is 10.9 Å². The highest BCUT2D eigenvalue weighted by molar-refractivity contribution is 5.74. The minimum Gasteiger partial charge on any atom is -0.376 e. The number of aromatic nitrogens is 2. The Morgan fingerprint density at radius 2 is 2.22 bits per heavy atom. The summed E-state index contributed by atoms with van der Waals surface area (Å²) in [6.07, 6.45) is 3.16. The maximum atomic E-state index is 12.4. The van der Waals surface area contributed by atoms with Crippen LogP contribution in [0.5, 0.6) is 0 Å². The number of rotatable bonds is 6. The van der Waals surface area contributed by atoms with Crippen LogP contribution in [0.3, 0.4) is 0 Å². The molecule has 2 atom stereocenters. The second-order valence-corrected chi connectivity index (χ2v) is 7.58. The van der Waals surface area contributed by atoms with Crippen LogP contribution in [0.25, 0.3) is 0 Å². The van der Waals surface area contributed by atoms with Gasteiger partial charge in [0, 0.05) is 59.0 Å². The van der Waals surface area contributed by atoms with Gasteiger partial charge >= 0.3 is 6.03 Å². The quantitative estimate of drug-likeness (QED) is 0.736. The minimum atomic E-state index is -0.154. The Balaban J connectivity index is 1.50. The van der Waals surface area contributed by atoms with Crippen molar-refractivity contribution in [2.75, 3.05) is 52.3 Å². The highest BCUT2D eigenvalue weighted by atomic mass is 16.5. The summed E-state index contributed by atoms with van der Waals surface area (Å²) in [5, 5.41) is 2.98. The predicted octanol–water partition coefficient (Wildman–Crippen LogP) is 0.231. The first-order valence-electron chi connectivity index (χ1n) is 9.54. The fraction of sp³-hybridized carbons (Fsp3) is 0.722. The number of carbonyl (C=O) groups excluding carboxylic acids is 1. The van der Waals surface area contributed by atoms with Crippen molar-refractivity contribution in [1.82, 2.24) is 25.1 Å². The van der Waals surface area contributed by atoms with Crippen molar-refractivity contribution < 1.29 is 9.53 Å². The summed E-state index contributed by atoms with van der Waals surface area (Å²) < 4.78 is 5.55. The number of carbonyl (C=O) groups is 1. The molecule has 150 valence electrons. The second kappa shape index (κ2) is 8.71. The van der Waals surface area contributed by atoms with Crippen LogP contribution in [0, 0.1) is 0 Å². The minimum absolute atomic E-state index is 0.0226. The maximum absolute atomic E-state index is 12.4. The third-order valence-corrected chi connectivity index (χ3v) is 5.20. The topological polar surface area (TPSA) is 93.8 Å². The molecule has 27 heavy (non-hydrogen) atoms. The fourth-order valence-electron chi connectivity index (χ4n) is 3.58. The van der Waals surface area contributed by atoms with Gasteiger partial charge in [-0.3, -0.25) is 14.7 Å². The molecule has 1 aromatic rings. The summed E-state index contributed by atoms with van der Waals surface area (Å²) >= 11 is 0. The molecule has 3 rings (SSSR count). The Morgan fingerprint density at radius 1 is 1.41 bits per heavy atom. The number of amides is 2. The lowest BCUT2D eigenvalue weighted by Crippen LogP contribution is -2.43. The van der Waals surface area contributed by atoms with Crippen molar-refractivity contribution in [2.45, 2.75) is 38.0 Å². The molecular formula is C18H30N6O3. The SMILES string of the molecule is CN(C)c1nc(CN(C)C2CCN(C(=O)NCC3CCCO3)C2)cc(=O)[nH]1. The zero-order valence-corrected chi connectivity index (χ0v) is 16.4. The van der Waals surface area contributed by atoms with Crippen molar-refractivity contribution in [3.63, 3.8) is 0 Å². The van der Waals surface area contributed by atoms with E-state index in [0.29, 0.717) is 25.6 Å². The van der Waals surface area contributed by atoms with E-state index < -0.39 is 0 Å². The summed E-state index contributed by atoms with van der Waals surface area (Å²) in [5.41, 5.74) is 0.574. The molecule has 9 nitrogen and oxygen atoms in total. The molecule has 2 aliphatic rings. The zero-order valence-electron chi connectivity index (χ0n) is 16.4. The van der Waals surface area contributed by atoms with Gasteiger partial charge in [-0.2, -0.15) is 0 Å². The van der Waals surface area contributed by atoms with E-state index in [1.165, 1.54) is 6.07 Å². The van der Waals surface area contributed by atoms with Gasteiger partial charge in [0.05, 0.1) is 11.8 Å². The van der Waals surface area contributed by atoms with Gasteiger partial charge in [-0.25, -0.2) is 9.78 Å². The molecule has 2 N–H and O–H groups in total. The molecule has 3 heterocycles. The third kappa shape index (κ3) is 5.20. The molecule has 0 spiro atoms. The summed E-state index contributed by atoms with van der Waals surface area (Å²) in [5.74, 6) is 0.549. The van der Waals surface area contributed by atoms with Crippen LogP contribution in [0.1, 0.15) is 25.0 Å². The number of likely N-dealkylation sites (tertiary alicyclic amines) is 1. The van der Waals surface area contributed by atoms with Crippen molar-refractivity contribution in [3.05, 3.63) is 22.1 Å². The van der Waals surface area contributed by atoms with Gasteiger partial charge in [0.2, 0.25) is 5.95 Å². The van der Waals surface area contributed by atoms with E-state index in [-0.39, 0.29) is 23.7 Å². The first-order valence-corrected chi connectivity index (χ1v) is 9.54. The highest BCUT2D eigenvalue weighted by Gasteiger charge is 2.29. The molecule has 0 radical (unpaired) electrons. The number of hydrogen-bond acceptors (Lipinski definition) is 6. The first kappa shape index (κ1) is 19.6. The Morgan fingerprint density at radius 3 is 2.93 bits per heavy atom. The van der Waals surface area contributed by atoms with Crippen LogP contribution in [-0.2, 0) is 11.3 Å². The molecule has 9 heteroatoms. The zero-order chi connectivity index (χ0) is 19.4. The molecule has 2 unspecified atom stereocenters. The molecule has 1 aromatic heterocycles. The Hall–Kier alpha value is -2.13. The smallest absolute Gasteiger partial charge is 0.317 e. The molecule has 0 aromatic carbocycles. The number of anilines is 1. The Kier molecular flexibility index (Phi) is 6.33. The number of ether oxygens (including phenoxy) is 1. The molecule has 0 bridgehead atoms. The van der Waals surface area contributed by atoms with Crippen LogP contribution < -0.4 is 15.8 Å². The number of likely N-dealkylation sites (N-methyl/N-ethyl adjacent to an activating group) is 1. The lowest BCUT2D eigenvalue weighted by Gasteiger charge is -2.25. The van der Waals surface area contributed by atoms with Crippen LogP contribution in [0.4, 0.5) is 10.7 Å². The van der Waals surface area contributed by atoms with Crippen molar-refractivity contribution in [1.29, 1.82) is 0 Å². The van der Waals surface area contributed by atoms with E-state index in [4.69, 9.17) is 4.74 Å². The molecule has 0 saturated carbocycles. The van der Waals surface area contributed by atoms with Crippen LogP contribution in [0.2, 0.25) is 0 Å². The number of H-pyrrole nitrogens is 1. The van der Waals surface area contributed by atoms with Gasteiger partial charge < -0.3 is 19.9 Å². The van der Waals surface area contributed by atoms with Gasteiger partial charge in [0.1, 0.15) is 0 Å². The standard InChI is InChI=1S/C18H30N6O3/c1-22(2)17-20-13(9-16(25)21-17)11-23(3)14-6-7-24(12-14)18(26)19-10-15-5-4-8-27-15/h9,14-15H,4-8,10-12H2,1-3H3,(H,19,26)(H,20,21,25). The molecule has 2 fully saturated rings. The van der Waals surface area contributed by atoms with Gasteiger partial charge in [-0.05, 0) is 26.3 Å². The van der Waals surface area contributed by atoms with E-state index >= 15 is 0 Å². The number of aromatic amines is 1. The van der Waals surface area contributed by atoms with E-state index in [9.17, 15) is 9.59 Å². The van der Waals surface area contributed by atoms with E-state index in [1.54, 1.807) is 4.90 Å². The summed E-state index contributed by atoms with van der Waals surface area (Å²) in [4.78, 5) is 37.2. The second-order valence-electron chi connectivity index (χ2n) is 7.58. The van der Waals surface area contributed by atoms with Gasteiger partial charge in [-0.15, -0.1) is 0 Å². The van der Waals surface area contributed by atoms with Gasteiger partial charge in [-0.1, -0.05) is 0 Å². The van der Waals surface area contributed by atoms with Gasteiger partial charge in [0.25, 0.3) is 5.56 Å². The van der Waals surface area contributed by atoms with E-state index in [0.717, 1.165) is 38.1 Å². The summed E-state index contributed by atoms with van der Waals surface area (Å²) in [6.45, 7) is 3.36. The molecule has 2 amide bonds. The van der Waals surface area contributed by atoms with Crippen molar-refractivity contribution in [3.8, 4) is 0 Å². The average molecular weight is 378 g/mol. The predicted molar refractivity (Wildman–Crippen MR) is 103 cm³/mol. The summed E-state index contributed by atoms with van der Waals surface area (Å²) in [7, 11) is 5.70. The van der Waals surface area contributed by atoms with Gasteiger partial charge in [0.15, 0.2) is 0 Å². The lowest BCUT2D eigenvalue weighted by molar-refractivity contribution is 0.109. The molecule has 0 aliphatic carbocycles.